The van der Waals surface area contributed by atoms with Crippen LogP contribution in [0.5, 0.6) is 0 Å². The van der Waals surface area contributed by atoms with E-state index < -0.39 is 0 Å². The van der Waals surface area contributed by atoms with Gasteiger partial charge in [0, 0.05) is 31.1 Å². The van der Waals surface area contributed by atoms with Gasteiger partial charge in [-0.2, -0.15) is 0 Å². The highest BCUT2D eigenvalue weighted by atomic mass is 16.1. The molecule has 4 heteroatoms. The second-order valence-electron chi connectivity index (χ2n) is 5.96. The minimum Gasteiger partial charge on any atom is -0.355 e. The minimum atomic E-state index is -0.217. The molecule has 18 heavy (non-hydrogen) atoms. The van der Waals surface area contributed by atoms with E-state index in [0.717, 1.165) is 38.5 Å². The molecule has 0 radical (unpaired) electrons. The van der Waals surface area contributed by atoms with Gasteiger partial charge in [0.25, 0.3) is 0 Å². The predicted molar refractivity (Wildman–Crippen MR) is 73.3 cm³/mol. The molecule has 2 fully saturated rings. The van der Waals surface area contributed by atoms with E-state index in [4.69, 9.17) is 5.73 Å². The quantitative estimate of drug-likeness (QED) is 0.718. The lowest BCUT2D eigenvalue weighted by Crippen LogP contribution is -2.43. The molecule has 4 nitrogen and oxygen atoms in total. The molecule has 0 aliphatic heterocycles. The average Bonchev–Trinajstić information content (AvgIpc) is 3.08. The van der Waals surface area contributed by atoms with Gasteiger partial charge in [-0.1, -0.05) is 19.8 Å². The number of nitrogens with one attached hydrogen (secondary N) is 1. The molecule has 1 amide bonds. The largest absolute Gasteiger partial charge is 0.355 e. The van der Waals surface area contributed by atoms with Crippen LogP contribution in [0.1, 0.15) is 51.9 Å². The lowest BCUT2D eigenvalue weighted by atomic mass is 9.94. The Labute approximate surface area is 110 Å². The number of nitrogens with two attached hydrogens (primary N) is 1. The standard InChI is InChI=1S/C14H27N3O/c1-2-17(12-5-6-12)10-9-16-13(18)11-14(15)7-3-4-8-14/h12H,2-11,15H2,1H3,(H,16,18). The molecule has 0 atom stereocenters. The highest BCUT2D eigenvalue weighted by Crippen LogP contribution is 2.29. The number of amides is 1. The first-order valence-corrected chi connectivity index (χ1v) is 7.42. The molecule has 2 saturated carbocycles. The summed E-state index contributed by atoms with van der Waals surface area (Å²) in [6.45, 7) is 5.01. The Morgan fingerprint density at radius 2 is 2.06 bits per heavy atom. The Balaban J connectivity index is 1.62. The van der Waals surface area contributed by atoms with Gasteiger partial charge in [-0.25, -0.2) is 0 Å². The van der Waals surface area contributed by atoms with E-state index in [1.165, 1.54) is 25.7 Å². The first-order chi connectivity index (χ1) is 8.63. The van der Waals surface area contributed by atoms with Crippen LogP contribution in [0, 0.1) is 0 Å². The molecule has 0 aromatic heterocycles. The lowest BCUT2D eigenvalue weighted by Gasteiger charge is -2.23. The molecule has 2 aliphatic carbocycles. The van der Waals surface area contributed by atoms with Crippen molar-refractivity contribution in [2.75, 3.05) is 19.6 Å². The van der Waals surface area contributed by atoms with Crippen LogP contribution >= 0.6 is 0 Å². The molecule has 0 bridgehead atoms. The smallest absolute Gasteiger partial charge is 0.221 e. The van der Waals surface area contributed by atoms with E-state index in [2.05, 4.69) is 17.1 Å². The zero-order valence-corrected chi connectivity index (χ0v) is 11.6. The van der Waals surface area contributed by atoms with Gasteiger partial charge in [-0.05, 0) is 32.2 Å². The van der Waals surface area contributed by atoms with Crippen molar-refractivity contribution in [3.8, 4) is 0 Å². The Bertz CT molecular complexity index is 283. The fourth-order valence-electron chi connectivity index (χ4n) is 3.02. The Morgan fingerprint density at radius 3 is 2.61 bits per heavy atom. The van der Waals surface area contributed by atoms with E-state index in [1.807, 2.05) is 0 Å². The third-order valence-electron chi connectivity index (χ3n) is 4.30. The van der Waals surface area contributed by atoms with E-state index in [1.54, 1.807) is 0 Å². The van der Waals surface area contributed by atoms with Crippen LogP contribution in [0.4, 0.5) is 0 Å². The number of hydrogen-bond donors (Lipinski definition) is 2. The van der Waals surface area contributed by atoms with Gasteiger partial charge < -0.3 is 11.1 Å². The third kappa shape index (κ3) is 3.95. The number of likely N-dealkylation sites (N-methyl/N-ethyl adjacent to an activating group) is 1. The topological polar surface area (TPSA) is 58.4 Å². The summed E-state index contributed by atoms with van der Waals surface area (Å²) in [6, 6.07) is 0.780. The summed E-state index contributed by atoms with van der Waals surface area (Å²) in [5.74, 6) is 0.131. The fraction of sp³-hybridized carbons (Fsp3) is 0.929. The van der Waals surface area contributed by atoms with Crippen LogP contribution in [-0.4, -0.2) is 42.0 Å². The second-order valence-corrected chi connectivity index (χ2v) is 5.96. The molecule has 2 rings (SSSR count). The lowest BCUT2D eigenvalue weighted by molar-refractivity contribution is -0.122. The van der Waals surface area contributed by atoms with E-state index in [0.29, 0.717) is 6.42 Å². The Kier molecular flexibility index (Phi) is 4.62. The van der Waals surface area contributed by atoms with Gasteiger partial charge in [0.05, 0.1) is 0 Å². The zero-order valence-electron chi connectivity index (χ0n) is 11.6. The zero-order chi connectivity index (χ0) is 13.0. The van der Waals surface area contributed by atoms with Crippen molar-refractivity contribution >= 4 is 5.91 Å². The first-order valence-electron chi connectivity index (χ1n) is 7.42. The molecule has 0 aromatic rings. The van der Waals surface area contributed by atoms with Crippen molar-refractivity contribution in [3.63, 3.8) is 0 Å². The fourth-order valence-corrected chi connectivity index (χ4v) is 3.02. The first kappa shape index (κ1) is 13.8. The molecule has 104 valence electrons. The molecular weight excluding hydrogens is 226 g/mol. The molecular formula is C14H27N3O. The molecule has 0 heterocycles. The van der Waals surface area contributed by atoms with Gasteiger partial charge in [-0.3, -0.25) is 9.69 Å². The normalized spacial score (nSPS) is 22.4. The number of carbonyl (C=O) groups is 1. The highest BCUT2D eigenvalue weighted by Gasteiger charge is 2.31. The summed E-state index contributed by atoms with van der Waals surface area (Å²) in [5, 5.41) is 3.02. The second kappa shape index (κ2) is 6.02. The Hall–Kier alpha value is -0.610. The summed E-state index contributed by atoms with van der Waals surface area (Å²) in [7, 11) is 0. The van der Waals surface area contributed by atoms with Crippen molar-refractivity contribution in [1.82, 2.24) is 10.2 Å². The van der Waals surface area contributed by atoms with Crippen molar-refractivity contribution in [2.45, 2.75) is 63.5 Å². The maximum Gasteiger partial charge on any atom is 0.221 e. The number of nitrogens with zero attached hydrogens (tertiary/aromatic N) is 1. The number of hydrogen-bond acceptors (Lipinski definition) is 3. The van der Waals surface area contributed by atoms with Crippen molar-refractivity contribution in [2.24, 2.45) is 5.73 Å². The third-order valence-corrected chi connectivity index (χ3v) is 4.30. The molecule has 3 N–H and O–H groups in total. The van der Waals surface area contributed by atoms with Crippen LogP contribution < -0.4 is 11.1 Å². The summed E-state index contributed by atoms with van der Waals surface area (Å²) in [5.41, 5.74) is 5.99. The van der Waals surface area contributed by atoms with Crippen LogP contribution in [0.25, 0.3) is 0 Å². The van der Waals surface area contributed by atoms with Crippen LogP contribution in [0.15, 0.2) is 0 Å². The maximum absolute atomic E-state index is 11.8. The summed E-state index contributed by atoms with van der Waals surface area (Å²) in [6.07, 6.45) is 7.52. The minimum absolute atomic E-state index is 0.131. The molecule has 0 unspecified atom stereocenters. The Morgan fingerprint density at radius 1 is 1.39 bits per heavy atom. The molecule has 2 aliphatic rings. The van der Waals surface area contributed by atoms with Crippen LogP contribution in [0.3, 0.4) is 0 Å². The summed E-state index contributed by atoms with van der Waals surface area (Å²) in [4.78, 5) is 14.3. The van der Waals surface area contributed by atoms with Crippen LogP contribution in [0.2, 0.25) is 0 Å². The van der Waals surface area contributed by atoms with Crippen molar-refractivity contribution in [3.05, 3.63) is 0 Å². The van der Waals surface area contributed by atoms with E-state index in [9.17, 15) is 4.79 Å². The molecule has 0 spiro atoms. The van der Waals surface area contributed by atoms with Crippen molar-refractivity contribution in [1.29, 1.82) is 0 Å². The van der Waals surface area contributed by atoms with Gasteiger partial charge in [0.1, 0.15) is 0 Å². The van der Waals surface area contributed by atoms with Gasteiger partial charge in [0.15, 0.2) is 0 Å². The van der Waals surface area contributed by atoms with E-state index in [-0.39, 0.29) is 11.4 Å². The van der Waals surface area contributed by atoms with Gasteiger partial charge in [0.2, 0.25) is 5.91 Å². The van der Waals surface area contributed by atoms with Gasteiger partial charge >= 0.3 is 0 Å². The van der Waals surface area contributed by atoms with Gasteiger partial charge in [-0.15, -0.1) is 0 Å². The highest BCUT2D eigenvalue weighted by molar-refractivity contribution is 5.77. The van der Waals surface area contributed by atoms with E-state index >= 15 is 0 Å². The van der Waals surface area contributed by atoms with Crippen molar-refractivity contribution < 1.29 is 4.79 Å². The van der Waals surface area contributed by atoms with Crippen LogP contribution in [-0.2, 0) is 4.79 Å². The molecule has 0 aromatic carbocycles. The molecule has 0 saturated heterocycles. The summed E-state index contributed by atoms with van der Waals surface area (Å²) < 4.78 is 0. The average molecular weight is 253 g/mol. The maximum atomic E-state index is 11.8. The number of rotatable bonds is 7. The SMILES string of the molecule is CCN(CCNC(=O)CC1(N)CCCC1)C1CC1. The summed E-state index contributed by atoms with van der Waals surface area (Å²) >= 11 is 0. The number of carbonyl (C=O) groups excluding carboxylic acids is 1. The monoisotopic (exact) mass is 253 g/mol. The predicted octanol–water partition coefficient (Wildman–Crippen LogP) is 1.25.